The van der Waals surface area contributed by atoms with Crippen LogP contribution in [0.15, 0.2) is 30.3 Å². The van der Waals surface area contributed by atoms with Crippen molar-refractivity contribution in [2.75, 3.05) is 27.2 Å². The molecule has 1 aliphatic carbocycles. The zero-order valence-electron chi connectivity index (χ0n) is 13.9. The molecule has 0 radical (unpaired) electrons. The molecule has 1 saturated carbocycles. The monoisotopic (exact) mass is 303 g/mol. The van der Waals surface area contributed by atoms with Crippen LogP contribution in [-0.2, 0) is 4.79 Å². The minimum atomic E-state index is -0.211. The van der Waals surface area contributed by atoms with Crippen LogP contribution < -0.4 is 5.73 Å². The molecule has 0 heterocycles. The maximum absolute atomic E-state index is 12.8. The Morgan fingerprint density at radius 1 is 1.18 bits per heavy atom. The quantitative estimate of drug-likeness (QED) is 0.841. The van der Waals surface area contributed by atoms with Crippen molar-refractivity contribution in [3.63, 3.8) is 0 Å². The first-order valence-electron chi connectivity index (χ1n) is 8.32. The molecular formula is C18H29N3O. The molecular weight excluding hydrogens is 274 g/mol. The van der Waals surface area contributed by atoms with Crippen molar-refractivity contribution >= 4 is 5.91 Å². The highest BCUT2D eigenvalue weighted by Crippen LogP contribution is 2.25. The third kappa shape index (κ3) is 4.82. The highest BCUT2D eigenvalue weighted by molar-refractivity contribution is 5.77. The van der Waals surface area contributed by atoms with Crippen molar-refractivity contribution in [2.45, 2.75) is 44.2 Å². The molecule has 0 aliphatic heterocycles. The minimum absolute atomic E-state index is 0.199. The minimum Gasteiger partial charge on any atom is -0.338 e. The summed E-state index contributed by atoms with van der Waals surface area (Å²) < 4.78 is 0. The molecule has 2 rings (SSSR count). The molecule has 4 nitrogen and oxygen atoms in total. The number of nitrogens with zero attached hydrogens (tertiary/aromatic N) is 2. The van der Waals surface area contributed by atoms with E-state index < -0.39 is 0 Å². The van der Waals surface area contributed by atoms with Crippen molar-refractivity contribution in [2.24, 2.45) is 5.73 Å². The van der Waals surface area contributed by atoms with Crippen LogP contribution in [0, 0.1) is 0 Å². The number of rotatable bonds is 7. The lowest BCUT2D eigenvalue weighted by molar-refractivity contribution is -0.134. The fourth-order valence-corrected chi connectivity index (χ4v) is 3.16. The lowest BCUT2D eigenvalue weighted by Gasteiger charge is -2.31. The summed E-state index contributed by atoms with van der Waals surface area (Å²) in [6.07, 6.45) is 5.15. The van der Waals surface area contributed by atoms with Crippen LogP contribution in [0.25, 0.3) is 0 Å². The molecule has 1 aromatic rings. The highest BCUT2D eigenvalue weighted by atomic mass is 16.2. The molecule has 0 spiro atoms. The summed E-state index contributed by atoms with van der Waals surface area (Å²) in [5.41, 5.74) is 7.27. The van der Waals surface area contributed by atoms with Crippen LogP contribution in [0.4, 0.5) is 0 Å². The molecule has 2 N–H and O–H groups in total. The van der Waals surface area contributed by atoms with Gasteiger partial charge in [0.05, 0.1) is 0 Å². The fourth-order valence-electron chi connectivity index (χ4n) is 3.16. The van der Waals surface area contributed by atoms with E-state index in [0.29, 0.717) is 12.5 Å². The molecule has 1 amide bonds. The van der Waals surface area contributed by atoms with Gasteiger partial charge < -0.3 is 15.5 Å². The predicted molar refractivity (Wildman–Crippen MR) is 90.5 cm³/mol. The second kappa shape index (κ2) is 8.30. The van der Waals surface area contributed by atoms with E-state index in [4.69, 9.17) is 5.73 Å². The zero-order valence-corrected chi connectivity index (χ0v) is 13.9. The molecule has 22 heavy (non-hydrogen) atoms. The van der Waals surface area contributed by atoms with E-state index in [2.05, 4.69) is 9.80 Å². The highest BCUT2D eigenvalue weighted by Gasteiger charge is 2.27. The molecule has 1 unspecified atom stereocenters. The largest absolute Gasteiger partial charge is 0.338 e. The summed E-state index contributed by atoms with van der Waals surface area (Å²) in [7, 11) is 4.10. The number of amides is 1. The Morgan fingerprint density at radius 3 is 2.41 bits per heavy atom. The number of carbonyl (C=O) groups excluding carboxylic acids is 1. The zero-order chi connectivity index (χ0) is 15.9. The van der Waals surface area contributed by atoms with Crippen LogP contribution in [0.5, 0.6) is 0 Å². The number of likely N-dealkylation sites (N-methyl/N-ethyl adjacent to an activating group) is 1. The van der Waals surface area contributed by atoms with Crippen LogP contribution in [0.2, 0.25) is 0 Å². The van der Waals surface area contributed by atoms with E-state index >= 15 is 0 Å². The second-order valence-corrected chi connectivity index (χ2v) is 6.55. The van der Waals surface area contributed by atoms with E-state index in [1.807, 2.05) is 44.4 Å². The van der Waals surface area contributed by atoms with Crippen molar-refractivity contribution in [3.8, 4) is 0 Å². The summed E-state index contributed by atoms with van der Waals surface area (Å²) in [5, 5.41) is 0. The van der Waals surface area contributed by atoms with Crippen molar-refractivity contribution in [1.82, 2.24) is 9.80 Å². The second-order valence-electron chi connectivity index (χ2n) is 6.55. The van der Waals surface area contributed by atoms with E-state index in [1.165, 1.54) is 12.8 Å². The van der Waals surface area contributed by atoms with Gasteiger partial charge in [-0.3, -0.25) is 4.79 Å². The van der Waals surface area contributed by atoms with Gasteiger partial charge in [-0.15, -0.1) is 0 Å². The molecule has 122 valence electrons. The fraction of sp³-hybridized carbons (Fsp3) is 0.611. The van der Waals surface area contributed by atoms with Gasteiger partial charge in [-0.25, -0.2) is 0 Å². The maximum Gasteiger partial charge on any atom is 0.224 e. The Hall–Kier alpha value is -1.39. The van der Waals surface area contributed by atoms with Crippen LogP contribution in [0.3, 0.4) is 0 Å². The van der Waals surface area contributed by atoms with Gasteiger partial charge in [-0.05, 0) is 32.5 Å². The molecule has 0 aromatic heterocycles. The summed E-state index contributed by atoms with van der Waals surface area (Å²) in [6.45, 7) is 1.71. The molecule has 1 aromatic carbocycles. The van der Waals surface area contributed by atoms with Gasteiger partial charge in [0.25, 0.3) is 0 Å². The lowest BCUT2D eigenvalue weighted by atomic mass is 10.0. The predicted octanol–water partition coefficient (Wildman–Crippen LogP) is 2.41. The standard InChI is InChI=1S/C18H29N3O/c1-20(2)12-13-21(16-10-6-7-11-16)18(22)14-17(19)15-8-4-3-5-9-15/h3-5,8-9,16-17H,6-7,10-14,19H2,1-2H3. The number of nitrogens with two attached hydrogens (primary N) is 1. The third-order valence-electron chi connectivity index (χ3n) is 4.50. The average Bonchev–Trinajstić information content (AvgIpc) is 3.02. The van der Waals surface area contributed by atoms with Gasteiger partial charge in [0.1, 0.15) is 0 Å². The third-order valence-corrected chi connectivity index (χ3v) is 4.50. The van der Waals surface area contributed by atoms with Crippen molar-refractivity contribution < 1.29 is 4.79 Å². The van der Waals surface area contributed by atoms with Crippen LogP contribution in [-0.4, -0.2) is 48.9 Å². The topological polar surface area (TPSA) is 49.6 Å². The number of carbonyl (C=O) groups is 1. The number of hydrogen-bond donors (Lipinski definition) is 1. The smallest absolute Gasteiger partial charge is 0.224 e. The SMILES string of the molecule is CN(C)CCN(C(=O)CC(N)c1ccccc1)C1CCCC1. The Balaban J connectivity index is 1.98. The first-order chi connectivity index (χ1) is 10.6. The molecule has 1 aliphatic rings. The van der Waals surface area contributed by atoms with Gasteiger partial charge >= 0.3 is 0 Å². The van der Waals surface area contributed by atoms with Crippen molar-refractivity contribution in [1.29, 1.82) is 0 Å². The van der Waals surface area contributed by atoms with Gasteiger partial charge in [0.15, 0.2) is 0 Å². The van der Waals surface area contributed by atoms with E-state index in [-0.39, 0.29) is 11.9 Å². The number of benzene rings is 1. The summed E-state index contributed by atoms with van der Waals surface area (Å²) in [4.78, 5) is 17.0. The Bertz CT molecular complexity index is 455. The lowest BCUT2D eigenvalue weighted by Crippen LogP contribution is -2.43. The summed E-state index contributed by atoms with van der Waals surface area (Å²) >= 11 is 0. The number of hydrogen-bond acceptors (Lipinski definition) is 3. The van der Waals surface area contributed by atoms with Gasteiger partial charge in [-0.2, -0.15) is 0 Å². The molecule has 0 saturated heterocycles. The molecule has 4 heteroatoms. The van der Waals surface area contributed by atoms with Gasteiger partial charge in [0.2, 0.25) is 5.91 Å². The summed E-state index contributed by atoms with van der Waals surface area (Å²) in [6, 6.07) is 10.1. The Labute approximate surface area is 134 Å². The van der Waals surface area contributed by atoms with Gasteiger partial charge in [-0.1, -0.05) is 43.2 Å². The molecule has 1 fully saturated rings. The van der Waals surface area contributed by atoms with E-state index in [0.717, 1.165) is 31.5 Å². The normalized spacial score (nSPS) is 16.9. The Morgan fingerprint density at radius 2 is 1.82 bits per heavy atom. The van der Waals surface area contributed by atoms with E-state index in [9.17, 15) is 4.79 Å². The van der Waals surface area contributed by atoms with E-state index in [1.54, 1.807) is 0 Å². The average molecular weight is 303 g/mol. The summed E-state index contributed by atoms with van der Waals surface area (Å²) in [5.74, 6) is 0.199. The van der Waals surface area contributed by atoms with Gasteiger partial charge in [0, 0.05) is 31.6 Å². The van der Waals surface area contributed by atoms with Crippen LogP contribution >= 0.6 is 0 Å². The first-order valence-corrected chi connectivity index (χ1v) is 8.32. The van der Waals surface area contributed by atoms with Crippen LogP contribution in [0.1, 0.15) is 43.7 Å². The van der Waals surface area contributed by atoms with Crippen molar-refractivity contribution in [3.05, 3.63) is 35.9 Å². The Kier molecular flexibility index (Phi) is 6.40. The molecule has 0 bridgehead atoms. The maximum atomic E-state index is 12.8. The first kappa shape index (κ1) is 17.0. The molecule has 1 atom stereocenters.